The molecule has 0 saturated carbocycles. The second-order valence-corrected chi connectivity index (χ2v) is 7.16. The molecule has 0 spiro atoms. The average Bonchev–Trinajstić information content (AvgIpc) is 2.53. The highest BCUT2D eigenvalue weighted by Crippen LogP contribution is 2.43. The minimum absolute atomic E-state index is 0.0575. The topological polar surface area (TPSA) is 41.9 Å². The molecular weight excluding hydrogens is 290 g/mol. The summed E-state index contributed by atoms with van der Waals surface area (Å²) < 4.78 is 54.4. The largest absolute Gasteiger partial charge is 0.493 e. The summed E-state index contributed by atoms with van der Waals surface area (Å²) in [6.45, 7) is 5.88. The molecule has 0 aromatic heterocycles. The summed E-state index contributed by atoms with van der Waals surface area (Å²) >= 11 is 0. The van der Waals surface area contributed by atoms with Gasteiger partial charge in [0.2, 0.25) is 0 Å². The summed E-state index contributed by atoms with van der Waals surface area (Å²) in [6.07, 6.45) is 1.77. The Hall–Kier alpha value is -1.26. The van der Waals surface area contributed by atoms with Gasteiger partial charge in [-0.05, 0) is 54.4 Å². The number of piperidine rings is 1. The highest BCUT2D eigenvalue weighted by molar-refractivity contribution is 5.49. The Morgan fingerprint density at radius 3 is 2.74 bits per heavy atom. The minimum Gasteiger partial charge on any atom is -0.493 e. The van der Waals surface area contributed by atoms with Gasteiger partial charge in [0.25, 0.3) is 0 Å². The van der Waals surface area contributed by atoms with Crippen LogP contribution in [-0.4, -0.2) is 43.3 Å². The normalized spacial score (nSPS) is 32.4. The number of rotatable bonds is 4. The maximum Gasteiger partial charge on any atom is 0.161 e. The molecule has 4 nitrogen and oxygen atoms in total. The Kier molecular flexibility index (Phi) is 3.08. The molecule has 4 heteroatoms. The molecule has 1 N–H and O–H groups in total. The number of aliphatic hydroxyl groups is 1. The van der Waals surface area contributed by atoms with Crippen molar-refractivity contribution >= 4 is 0 Å². The van der Waals surface area contributed by atoms with Gasteiger partial charge in [-0.3, -0.25) is 4.90 Å². The first kappa shape index (κ1) is 10.6. The predicted molar refractivity (Wildman–Crippen MR) is 91.1 cm³/mol. The molecule has 0 radical (unpaired) electrons. The van der Waals surface area contributed by atoms with E-state index in [0.717, 1.165) is 30.6 Å². The van der Waals surface area contributed by atoms with Crippen molar-refractivity contribution in [1.29, 1.82) is 0 Å². The SMILES string of the molecule is [2H]C([2H])([2H])Oc1cc2c(cc1OC([2H])([2H])[2H])[C@@H]1C[C@@H](O)[C@H](CC(C)C)CN1CC2. The smallest absolute Gasteiger partial charge is 0.161 e. The van der Waals surface area contributed by atoms with Crippen LogP contribution in [0.2, 0.25) is 0 Å². The van der Waals surface area contributed by atoms with Crippen LogP contribution in [0.3, 0.4) is 0 Å². The fourth-order valence-electron chi connectivity index (χ4n) is 4.10. The summed E-state index contributed by atoms with van der Waals surface area (Å²) in [4.78, 5) is 2.32. The van der Waals surface area contributed by atoms with E-state index < -0.39 is 20.2 Å². The van der Waals surface area contributed by atoms with E-state index >= 15 is 0 Å². The highest BCUT2D eigenvalue weighted by atomic mass is 16.5. The van der Waals surface area contributed by atoms with Gasteiger partial charge < -0.3 is 14.6 Å². The number of aliphatic hydroxyl groups excluding tert-OH is 1. The molecule has 3 atom stereocenters. The minimum atomic E-state index is -2.73. The van der Waals surface area contributed by atoms with Crippen molar-refractivity contribution in [2.45, 2.75) is 45.3 Å². The zero-order valence-electron chi connectivity index (χ0n) is 19.7. The summed E-state index contributed by atoms with van der Waals surface area (Å²) in [6, 6.07) is 3.10. The molecule has 0 bridgehead atoms. The number of ether oxygens (including phenoxy) is 2. The predicted octanol–water partition coefficient (Wildman–Crippen LogP) is 3.03. The van der Waals surface area contributed by atoms with Crippen molar-refractivity contribution in [1.82, 2.24) is 4.90 Å². The Morgan fingerprint density at radius 1 is 1.30 bits per heavy atom. The van der Waals surface area contributed by atoms with Gasteiger partial charge in [-0.2, -0.15) is 0 Å². The summed E-state index contributed by atoms with van der Waals surface area (Å²) in [5.74, 6) is 0.508. The van der Waals surface area contributed by atoms with Gasteiger partial charge in [-0.15, -0.1) is 0 Å². The summed E-state index contributed by atoms with van der Waals surface area (Å²) in [5, 5.41) is 10.7. The van der Waals surface area contributed by atoms with E-state index in [2.05, 4.69) is 18.7 Å². The Balaban J connectivity index is 1.94. The van der Waals surface area contributed by atoms with Crippen molar-refractivity contribution in [2.24, 2.45) is 11.8 Å². The molecule has 2 aliphatic heterocycles. The van der Waals surface area contributed by atoms with Crippen LogP contribution in [0.15, 0.2) is 12.1 Å². The van der Waals surface area contributed by atoms with E-state index in [1.54, 1.807) is 12.1 Å². The Bertz CT molecular complexity index is 734. The lowest BCUT2D eigenvalue weighted by Crippen LogP contribution is -2.48. The number of methoxy groups -OCH3 is 2. The van der Waals surface area contributed by atoms with Crippen LogP contribution in [0.25, 0.3) is 0 Å². The summed E-state index contributed by atoms with van der Waals surface area (Å²) in [5.41, 5.74) is 1.77. The molecule has 2 heterocycles. The van der Waals surface area contributed by atoms with E-state index in [4.69, 9.17) is 17.7 Å². The van der Waals surface area contributed by atoms with Gasteiger partial charge in [-0.25, -0.2) is 0 Å². The third-order valence-electron chi connectivity index (χ3n) is 5.15. The van der Waals surface area contributed by atoms with Gasteiger partial charge in [0.05, 0.1) is 28.4 Å². The average molecular weight is 325 g/mol. The van der Waals surface area contributed by atoms with Gasteiger partial charge in [-0.1, -0.05) is 13.8 Å². The third kappa shape index (κ3) is 3.20. The van der Waals surface area contributed by atoms with Crippen LogP contribution in [0.1, 0.15) is 52.1 Å². The number of hydrogen-bond donors (Lipinski definition) is 1. The van der Waals surface area contributed by atoms with Crippen LogP contribution in [0, 0.1) is 11.8 Å². The van der Waals surface area contributed by atoms with E-state index in [1.165, 1.54) is 0 Å². The van der Waals surface area contributed by atoms with Crippen LogP contribution < -0.4 is 9.47 Å². The lowest BCUT2D eigenvalue weighted by atomic mass is 9.79. The molecule has 2 aliphatic rings. The first-order valence-corrected chi connectivity index (χ1v) is 8.29. The van der Waals surface area contributed by atoms with Crippen molar-refractivity contribution in [2.75, 3.05) is 27.2 Å². The molecule has 23 heavy (non-hydrogen) atoms. The van der Waals surface area contributed by atoms with E-state index in [0.29, 0.717) is 18.8 Å². The molecule has 1 saturated heterocycles. The van der Waals surface area contributed by atoms with Gasteiger partial charge in [0, 0.05) is 19.1 Å². The molecule has 1 aromatic rings. The van der Waals surface area contributed by atoms with Crippen LogP contribution in [0.4, 0.5) is 0 Å². The molecule has 1 aromatic carbocycles. The first-order chi connectivity index (χ1) is 13.3. The molecule has 1 fully saturated rings. The van der Waals surface area contributed by atoms with Gasteiger partial charge in [0.1, 0.15) is 0 Å². The van der Waals surface area contributed by atoms with Crippen LogP contribution in [-0.2, 0) is 6.42 Å². The fourth-order valence-corrected chi connectivity index (χ4v) is 4.10. The maximum absolute atomic E-state index is 10.7. The monoisotopic (exact) mass is 325 g/mol. The third-order valence-corrected chi connectivity index (χ3v) is 5.15. The van der Waals surface area contributed by atoms with Crippen molar-refractivity contribution < 1.29 is 22.8 Å². The maximum atomic E-state index is 10.7. The van der Waals surface area contributed by atoms with E-state index in [9.17, 15) is 5.11 Å². The second kappa shape index (κ2) is 6.70. The number of nitrogens with zero attached hydrogens (tertiary/aromatic N) is 1. The summed E-state index contributed by atoms with van der Waals surface area (Å²) in [7, 11) is -5.45. The zero-order chi connectivity index (χ0) is 21.6. The van der Waals surface area contributed by atoms with Crippen molar-refractivity contribution in [3.63, 3.8) is 0 Å². The first-order valence-electron chi connectivity index (χ1n) is 11.3. The fraction of sp³-hybridized carbons (Fsp3) is 0.684. The van der Waals surface area contributed by atoms with E-state index in [-0.39, 0.29) is 23.5 Å². The lowest BCUT2D eigenvalue weighted by molar-refractivity contribution is -0.0191. The van der Waals surface area contributed by atoms with Crippen LogP contribution >= 0.6 is 0 Å². The van der Waals surface area contributed by atoms with Gasteiger partial charge >= 0.3 is 0 Å². The molecule has 0 aliphatic carbocycles. The molecule has 0 amide bonds. The number of fused-ring (bicyclic) bond motifs is 3. The molecular formula is C19H29NO3. The zero-order valence-corrected chi connectivity index (χ0v) is 13.7. The molecule has 3 rings (SSSR count). The Morgan fingerprint density at radius 2 is 2.04 bits per heavy atom. The standard InChI is InChI=1S/C19H29NO3/c1-12(2)7-14-11-20-6-5-13-8-18(22-3)19(23-4)9-15(13)16(20)10-17(14)21/h8-9,12,14,16-17,21H,5-7,10-11H2,1-4H3/t14-,16+,17-/m1/s1/i3D3,4D3. The number of benzene rings is 1. The molecule has 0 unspecified atom stereocenters. The quantitative estimate of drug-likeness (QED) is 0.924. The van der Waals surface area contributed by atoms with Crippen molar-refractivity contribution in [3.8, 4) is 11.5 Å². The van der Waals surface area contributed by atoms with Crippen LogP contribution in [0.5, 0.6) is 11.5 Å². The molecule has 128 valence electrons. The second-order valence-electron chi connectivity index (χ2n) is 7.16. The van der Waals surface area contributed by atoms with Crippen molar-refractivity contribution in [3.05, 3.63) is 23.3 Å². The highest BCUT2D eigenvalue weighted by Gasteiger charge is 2.38. The van der Waals surface area contributed by atoms with E-state index in [1.807, 2.05) is 0 Å². The Labute approximate surface area is 147 Å². The lowest BCUT2D eigenvalue weighted by Gasteiger charge is -2.46. The number of hydrogen-bond acceptors (Lipinski definition) is 4. The van der Waals surface area contributed by atoms with Gasteiger partial charge in [0.15, 0.2) is 11.5 Å².